The van der Waals surface area contributed by atoms with Gasteiger partial charge >= 0.3 is 0 Å². The zero-order valence-corrected chi connectivity index (χ0v) is 12.1. The van der Waals surface area contributed by atoms with Crippen LogP contribution < -0.4 is 10.2 Å². The van der Waals surface area contributed by atoms with Gasteiger partial charge in [-0.05, 0) is 25.5 Å². The maximum absolute atomic E-state index is 5.92. The minimum absolute atomic E-state index is 0.283. The van der Waals surface area contributed by atoms with E-state index in [1.54, 1.807) is 0 Å². The van der Waals surface area contributed by atoms with Crippen molar-refractivity contribution in [3.8, 4) is 0 Å². The summed E-state index contributed by atoms with van der Waals surface area (Å²) < 4.78 is 5.92. The van der Waals surface area contributed by atoms with E-state index in [1.807, 2.05) is 0 Å². The van der Waals surface area contributed by atoms with E-state index in [-0.39, 0.29) is 6.10 Å². The van der Waals surface area contributed by atoms with Gasteiger partial charge in [0.25, 0.3) is 0 Å². The molecule has 1 aromatic rings. The fraction of sp³-hybridized carbons (Fsp3) is 0.625. The third kappa shape index (κ3) is 3.95. The molecule has 19 heavy (non-hydrogen) atoms. The van der Waals surface area contributed by atoms with Crippen LogP contribution in [0.5, 0.6) is 0 Å². The van der Waals surface area contributed by atoms with Gasteiger partial charge in [0.2, 0.25) is 0 Å². The van der Waals surface area contributed by atoms with Crippen LogP contribution >= 0.6 is 0 Å². The van der Waals surface area contributed by atoms with Crippen LogP contribution in [0.1, 0.15) is 26.7 Å². The minimum atomic E-state index is 0.283. The molecule has 0 saturated carbocycles. The van der Waals surface area contributed by atoms with Gasteiger partial charge in [0.15, 0.2) is 0 Å². The lowest BCUT2D eigenvalue weighted by molar-refractivity contribution is 0.0144. The summed E-state index contributed by atoms with van der Waals surface area (Å²) in [4.78, 5) is 2.49. The number of hydrogen-bond acceptors (Lipinski definition) is 3. The molecule has 1 fully saturated rings. The number of anilines is 1. The Labute approximate surface area is 116 Å². The van der Waals surface area contributed by atoms with Crippen LogP contribution in [0.4, 0.5) is 5.69 Å². The Morgan fingerprint density at radius 2 is 2.16 bits per heavy atom. The van der Waals surface area contributed by atoms with Gasteiger partial charge in [0.1, 0.15) is 0 Å². The summed E-state index contributed by atoms with van der Waals surface area (Å²) in [7, 11) is 0. The standard InChI is InChI=1S/C16H26N2O/c1-3-4-11-18(15-8-6-5-7-9-15)14(2)16-13-17-10-12-19-16/h5-9,14,16-17H,3-4,10-13H2,1-2H3. The van der Waals surface area contributed by atoms with Gasteiger partial charge in [-0.3, -0.25) is 0 Å². The number of morpholine rings is 1. The summed E-state index contributed by atoms with van der Waals surface area (Å²) in [5, 5.41) is 3.43. The van der Waals surface area contributed by atoms with Gasteiger partial charge in [0.05, 0.1) is 18.8 Å². The molecule has 0 amide bonds. The smallest absolute Gasteiger partial charge is 0.0900 e. The van der Waals surface area contributed by atoms with Crippen molar-refractivity contribution in [2.75, 3.05) is 31.1 Å². The number of benzene rings is 1. The Morgan fingerprint density at radius 1 is 1.37 bits per heavy atom. The molecular formula is C16H26N2O. The molecule has 1 saturated heterocycles. The first kappa shape index (κ1) is 14.4. The second-order valence-electron chi connectivity index (χ2n) is 5.24. The van der Waals surface area contributed by atoms with Gasteiger partial charge in [0, 0.05) is 25.3 Å². The molecule has 0 spiro atoms. The fourth-order valence-corrected chi connectivity index (χ4v) is 2.61. The van der Waals surface area contributed by atoms with Crippen LogP contribution in [0.2, 0.25) is 0 Å². The quantitative estimate of drug-likeness (QED) is 0.853. The summed E-state index contributed by atoms with van der Waals surface area (Å²) in [6.45, 7) is 8.37. The Bertz CT molecular complexity index is 349. The first-order valence-electron chi connectivity index (χ1n) is 7.47. The highest BCUT2D eigenvalue weighted by molar-refractivity contribution is 5.47. The number of ether oxygens (including phenoxy) is 1. The Morgan fingerprint density at radius 3 is 2.79 bits per heavy atom. The van der Waals surface area contributed by atoms with Crippen molar-refractivity contribution >= 4 is 5.69 Å². The molecule has 0 aliphatic carbocycles. The SMILES string of the molecule is CCCCN(c1ccccc1)C(C)C1CNCCO1. The van der Waals surface area contributed by atoms with Crippen molar-refractivity contribution in [2.24, 2.45) is 0 Å². The van der Waals surface area contributed by atoms with Crippen molar-refractivity contribution in [2.45, 2.75) is 38.8 Å². The van der Waals surface area contributed by atoms with E-state index in [9.17, 15) is 0 Å². The maximum Gasteiger partial charge on any atom is 0.0900 e. The van der Waals surface area contributed by atoms with E-state index >= 15 is 0 Å². The lowest BCUT2D eigenvalue weighted by atomic mass is 10.1. The molecule has 3 nitrogen and oxygen atoms in total. The molecule has 0 bridgehead atoms. The molecule has 0 aromatic heterocycles. The van der Waals surface area contributed by atoms with Crippen molar-refractivity contribution in [1.82, 2.24) is 5.32 Å². The molecule has 2 rings (SSSR count). The average molecular weight is 262 g/mol. The number of unbranched alkanes of at least 4 members (excludes halogenated alkanes) is 1. The molecule has 1 aliphatic heterocycles. The highest BCUT2D eigenvalue weighted by Crippen LogP contribution is 2.20. The summed E-state index contributed by atoms with van der Waals surface area (Å²) >= 11 is 0. The zero-order chi connectivity index (χ0) is 13.5. The number of rotatable bonds is 6. The summed E-state index contributed by atoms with van der Waals surface area (Å²) in [5.74, 6) is 0. The van der Waals surface area contributed by atoms with Gasteiger partial charge in [-0.1, -0.05) is 31.5 Å². The van der Waals surface area contributed by atoms with Crippen LogP contribution in [0.3, 0.4) is 0 Å². The number of nitrogens with zero attached hydrogens (tertiary/aromatic N) is 1. The van der Waals surface area contributed by atoms with E-state index in [4.69, 9.17) is 4.74 Å². The van der Waals surface area contributed by atoms with Crippen LogP contribution in [0.15, 0.2) is 30.3 Å². The van der Waals surface area contributed by atoms with Crippen molar-refractivity contribution < 1.29 is 4.74 Å². The zero-order valence-electron chi connectivity index (χ0n) is 12.1. The van der Waals surface area contributed by atoms with Crippen LogP contribution in [0, 0.1) is 0 Å². The molecule has 1 N–H and O–H groups in total. The maximum atomic E-state index is 5.92. The predicted molar refractivity (Wildman–Crippen MR) is 80.8 cm³/mol. The van der Waals surface area contributed by atoms with Crippen molar-refractivity contribution in [1.29, 1.82) is 0 Å². The van der Waals surface area contributed by atoms with E-state index in [0.717, 1.165) is 26.2 Å². The predicted octanol–water partition coefficient (Wildman–Crippen LogP) is 2.67. The van der Waals surface area contributed by atoms with Crippen molar-refractivity contribution in [3.63, 3.8) is 0 Å². The molecule has 1 aromatic carbocycles. The molecule has 2 unspecified atom stereocenters. The fourth-order valence-electron chi connectivity index (χ4n) is 2.61. The lowest BCUT2D eigenvalue weighted by Crippen LogP contribution is -2.51. The van der Waals surface area contributed by atoms with E-state index < -0.39 is 0 Å². The van der Waals surface area contributed by atoms with Crippen LogP contribution in [0.25, 0.3) is 0 Å². The van der Waals surface area contributed by atoms with Gasteiger partial charge in [-0.2, -0.15) is 0 Å². The first-order chi connectivity index (χ1) is 9.33. The van der Waals surface area contributed by atoms with E-state index in [0.29, 0.717) is 6.04 Å². The second kappa shape index (κ2) is 7.51. The molecule has 106 valence electrons. The first-order valence-corrected chi connectivity index (χ1v) is 7.47. The molecule has 1 heterocycles. The third-order valence-corrected chi connectivity index (χ3v) is 3.83. The Balaban J connectivity index is 2.07. The minimum Gasteiger partial charge on any atom is -0.373 e. The Kier molecular flexibility index (Phi) is 5.67. The molecule has 0 radical (unpaired) electrons. The number of nitrogens with one attached hydrogen (secondary N) is 1. The molecule has 1 aliphatic rings. The third-order valence-electron chi connectivity index (χ3n) is 3.83. The van der Waals surface area contributed by atoms with Gasteiger partial charge in [-0.25, -0.2) is 0 Å². The monoisotopic (exact) mass is 262 g/mol. The summed E-state index contributed by atoms with van der Waals surface area (Å²) in [6.07, 6.45) is 2.73. The van der Waals surface area contributed by atoms with E-state index in [2.05, 4.69) is 54.4 Å². The lowest BCUT2D eigenvalue weighted by Gasteiger charge is -2.38. The molecule has 3 heteroatoms. The highest BCUT2D eigenvalue weighted by Gasteiger charge is 2.25. The van der Waals surface area contributed by atoms with Crippen molar-refractivity contribution in [3.05, 3.63) is 30.3 Å². The topological polar surface area (TPSA) is 24.5 Å². The Hall–Kier alpha value is -1.06. The largest absolute Gasteiger partial charge is 0.373 e. The molecular weight excluding hydrogens is 236 g/mol. The normalized spacial score (nSPS) is 21.1. The average Bonchev–Trinajstić information content (AvgIpc) is 2.49. The number of para-hydroxylation sites is 1. The second-order valence-corrected chi connectivity index (χ2v) is 5.24. The van der Waals surface area contributed by atoms with Gasteiger partial charge < -0.3 is 15.0 Å². The summed E-state index contributed by atoms with van der Waals surface area (Å²) in [6, 6.07) is 11.1. The number of hydrogen-bond donors (Lipinski definition) is 1. The summed E-state index contributed by atoms with van der Waals surface area (Å²) in [5.41, 5.74) is 1.30. The van der Waals surface area contributed by atoms with Crippen LogP contribution in [-0.4, -0.2) is 38.4 Å². The van der Waals surface area contributed by atoms with E-state index in [1.165, 1.54) is 18.5 Å². The van der Waals surface area contributed by atoms with Crippen LogP contribution in [-0.2, 0) is 4.74 Å². The molecule has 2 atom stereocenters. The highest BCUT2D eigenvalue weighted by atomic mass is 16.5. The van der Waals surface area contributed by atoms with Gasteiger partial charge in [-0.15, -0.1) is 0 Å².